The molecule has 7 nitrogen and oxygen atoms in total. The summed E-state index contributed by atoms with van der Waals surface area (Å²) in [5, 5.41) is 20.3. The Balaban J connectivity index is 1.52. The molecule has 0 radical (unpaired) electrons. The van der Waals surface area contributed by atoms with Crippen LogP contribution in [0.1, 0.15) is 25.8 Å². The predicted octanol–water partition coefficient (Wildman–Crippen LogP) is 3.55. The van der Waals surface area contributed by atoms with Gasteiger partial charge in [0.15, 0.2) is 5.16 Å². The van der Waals surface area contributed by atoms with Gasteiger partial charge in [-0.1, -0.05) is 49.9 Å². The van der Waals surface area contributed by atoms with E-state index in [1.165, 1.54) is 17.3 Å². The van der Waals surface area contributed by atoms with Crippen molar-refractivity contribution >= 4 is 28.4 Å². The van der Waals surface area contributed by atoms with Crippen molar-refractivity contribution in [1.29, 1.82) is 0 Å². The highest BCUT2D eigenvalue weighted by Crippen LogP contribution is 2.22. The Bertz CT molecular complexity index is 1230. The standard InChI is InChI=1S/C23H26N4O3S/c1-3-13-26-21(29)19-7-5-6-8-20(19)27-22(26)24-25-23(27)31-15-17(28)14-30-18-11-9-16(4-2)10-12-18/h5-12,17,28H,3-4,13-15H2,1-2H3. The highest BCUT2D eigenvalue weighted by atomic mass is 32.2. The molecule has 1 unspecified atom stereocenters. The van der Waals surface area contributed by atoms with Crippen LogP contribution >= 0.6 is 11.8 Å². The molecule has 1 N–H and O–H groups in total. The first kappa shape index (κ1) is 21.4. The zero-order valence-corrected chi connectivity index (χ0v) is 18.5. The highest BCUT2D eigenvalue weighted by Gasteiger charge is 2.17. The van der Waals surface area contributed by atoms with Crippen molar-refractivity contribution < 1.29 is 9.84 Å². The molecule has 1 atom stereocenters. The third kappa shape index (κ3) is 4.45. The topological polar surface area (TPSA) is 81.7 Å². The Morgan fingerprint density at radius 3 is 2.61 bits per heavy atom. The van der Waals surface area contributed by atoms with Crippen molar-refractivity contribution in [2.75, 3.05) is 12.4 Å². The fourth-order valence-corrected chi connectivity index (χ4v) is 4.33. The molecule has 0 saturated carbocycles. The first-order chi connectivity index (χ1) is 15.1. The Kier molecular flexibility index (Phi) is 6.58. The van der Waals surface area contributed by atoms with E-state index in [0.29, 0.717) is 28.6 Å². The van der Waals surface area contributed by atoms with Gasteiger partial charge in [0.2, 0.25) is 5.78 Å². The summed E-state index contributed by atoms with van der Waals surface area (Å²) < 4.78 is 9.27. The summed E-state index contributed by atoms with van der Waals surface area (Å²) in [7, 11) is 0. The van der Waals surface area contributed by atoms with E-state index in [1.54, 1.807) is 4.57 Å². The fraction of sp³-hybridized carbons (Fsp3) is 0.348. The second-order valence-electron chi connectivity index (χ2n) is 7.37. The third-order valence-electron chi connectivity index (χ3n) is 5.10. The number of aliphatic hydroxyl groups excluding tert-OH is 1. The van der Waals surface area contributed by atoms with Gasteiger partial charge < -0.3 is 9.84 Å². The van der Waals surface area contributed by atoms with Crippen molar-refractivity contribution in [2.45, 2.75) is 44.5 Å². The van der Waals surface area contributed by atoms with Gasteiger partial charge in [-0.2, -0.15) is 0 Å². The van der Waals surface area contributed by atoms with Crippen LogP contribution in [0.15, 0.2) is 58.5 Å². The maximum atomic E-state index is 12.9. The lowest BCUT2D eigenvalue weighted by atomic mass is 10.2. The quantitative estimate of drug-likeness (QED) is 0.403. The van der Waals surface area contributed by atoms with Gasteiger partial charge in [0.25, 0.3) is 5.56 Å². The van der Waals surface area contributed by atoms with Crippen molar-refractivity contribution in [2.24, 2.45) is 0 Å². The number of para-hydroxylation sites is 1. The van der Waals surface area contributed by atoms with Crippen LogP contribution in [-0.2, 0) is 13.0 Å². The molecule has 4 rings (SSSR count). The number of aryl methyl sites for hydroxylation is 2. The molecule has 8 heteroatoms. The summed E-state index contributed by atoms with van der Waals surface area (Å²) in [5.74, 6) is 1.66. The van der Waals surface area contributed by atoms with Crippen LogP contribution in [0.4, 0.5) is 0 Å². The van der Waals surface area contributed by atoms with Crippen molar-refractivity contribution in [3.8, 4) is 5.75 Å². The zero-order chi connectivity index (χ0) is 21.8. The number of aliphatic hydroxyl groups is 1. The molecule has 0 aliphatic heterocycles. The second-order valence-corrected chi connectivity index (χ2v) is 8.35. The number of benzene rings is 2. The normalized spacial score (nSPS) is 12.5. The minimum atomic E-state index is -0.670. The van der Waals surface area contributed by atoms with Gasteiger partial charge in [0, 0.05) is 12.3 Å². The molecule has 2 heterocycles. The first-order valence-corrected chi connectivity index (χ1v) is 11.5. The third-order valence-corrected chi connectivity index (χ3v) is 6.18. The average molecular weight is 439 g/mol. The maximum absolute atomic E-state index is 12.9. The van der Waals surface area contributed by atoms with E-state index in [0.717, 1.165) is 24.1 Å². The predicted molar refractivity (Wildman–Crippen MR) is 123 cm³/mol. The van der Waals surface area contributed by atoms with Gasteiger partial charge in [0.1, 0.15) is 12.4 Å². The number of fused-ring (bicyclic) bond motifs is 3. The summed E-state index contributed by atoms with van der Waals surface area (Å²) in [6, 6.07) is 15.4. The number of rotatable bonds is 9. The molecule has 2 aromatic heterocycles. The molecule has 0 aliphatic rings. The lowest BCUT2D eigenvalue weighted by Gasteiger charge is -2.13. The molecule has 31 heavy (non-hydrogen) atoms. The van der Waals surface area contributed by atoms with Gasteiger partial charge in [-0.15, -0.1) is 10.2 Å². The van der Waals surface area contributed by atoms with E-state index in [4.69, 9.17) is 4.74 Å². The number of hydrogen-bond donors (Lipinski definition) is 1. The van der Waals surface area contributed by atoms with Crippen LogP contribution in [-0.4, -0.2) is 42.7 Å². The lowest BCUT2D eigenvalue weighted by Crippen LogP contribution is -2.23. The molecule has 2 aromatic carbocycles. The second kappa shape index (κ2) is 9.53. The Morgan fingerprint density at radius 1 is 1.10 bits per heavy atom. The summed E-state index contributed by atoms with van der Waals surface area (Å²) in [4.78, 5) is 12.9. The Hall–Kier alpha value is -2.84. The Labute approximate surface area is 184 Å². The molecule has 0 fully saturated rings. The summed E-state index contributed by atoms with van der Waals surface area (Å²) in [6.45, 7) is 4.89. The van der Waals surface area contributed by atoms with E-state index in [1.807, 2.05) is 59.9 Å². The summed E-state index contributed by atoms with van der Waals surface area (Å²) >= 11 is 1.40. The van der Waals surface area contributed by atoms with Gasteiger partial charge in [0.05, 0.1) is 17.0 Å². The molecule has 162 valence electrons. The monoisotopic (exact) mass is 438 g/mol. The maximum Gasteiger partial charge on any atom is 0.262 e. The van der Waals surface area contributed by atoms with Gasteiger partial charge in [-0.25, -0.2) is 0 Å². The van der Waals surface area contributed by atoms with Gasteiger partial charge in [-0.05, 0) is 42.7 Å². The largest absolute Gasteiger partial charge is 0.491 e. The van der Waals surface area contributed by atoms with Crippen LogP contribution in [0.25, 0.3) is 16.7 Å². The first-order valence-electron chi connectivity index (χ1n) is 10.5. The van der Waals surface area contributed by atoms with Crippen molar-refractivity contribution in [1.82, 2.24) is 19.2 Å². The van der Waals surface area contributed by atoms with E-state index in [2.05, 4.69) is 17.1 Å². The highest BCUT2D eigenvalue weighted by molar-refractivity contribution is 7.99. The van der Waals surface area contributed by atoms with Gasteiger partial charge >= 0.3 is 0 Å². The number of aromatic nitrogens is 4. The minimum absolute atomic E-state index is 0.0589. The SMILES string of the molecule is CCCn1c(=O)c2ccccc2n2c(SCC(O)COc3ccc(CC)cc3)nnc12. The average Bonchev–Trinajstić information content (AvgIpc) is 3.23. The molecule has 0 spiro atoms. The fourth-order valence-electron chi connectivity index (χ4n) is 3.48. The van der Waals surface area contributed by atoms with E-state index >= 15 is 0 Å². The number of hydrogen-bond acceptors (Lipinski definition) is 6. The summed E-state index contributed by atoms with van der Waals surface area (Å²) in [6.07, 6.45) is 1.13. The number of nitrogens with zero attached hydrogens (tertiary/aromatic N) is 4. The molecule has 0 amide bonds. The number of thioether (sulfide) groups is 1. The van der Waals surface area contributed by atoms with Crippen LogP contribution in [0.5, 0.6) is 5.75 Å². The minimum Gasteiger partial charge on any atom is -0.491 e. The van der Waals surface area contributed by atoms with E-state index in [9.17, 15) is 9.90 Å². The lowest BCUT2D eigenvalue weighted by molar-refractivity contribution is 0.126. The molecular formula is C23H26N4O3S. The zero-order valence-electron chi connectivity index (χ0n) is 17.7. The molecule has 0 saturated heterocycles. The van der Waals surface area contributed by atoms with Crippen LogP contribution < -0.4 is 10.3 Å². The molecular weight excluding hydrogens is 412 g/mol. The van der Waals surface area contributed by atoms with E-state index in [-0.39, 0.29) is 12.2 Å². The van der Waals surface area contributed by atoms with Gasteiger partial charge in [-0.3, -0.25) is 13.8 Å². The summed E-state index contributed by atoms with van der Waals surface area (Å²) in [5.41, 5.74) is 1.96. The molecule has 0 aliphatic carbocycles. The van der Waals surface area contributed by atoms with E-state index < -0.39 is 6.10 Å². The smallest absolute Gasteiger partial charge is 0.262 e. The number of ether oxygens (including phenoxy) is 1. The van der Waals surface area contributed by atoms with Crippen molar-refractivity contribution in [3.63, 3.8) is 0 Å². The molecule has 4 aromatic rings. The van der Waals surface area contributed by atoms with Crippen LogP contribution in [0, 0.1) is 0 Å². The van der Waals surface area contributed by atoms with Crippen LogP contribution in [0.2, 0.25) is 0 Å². The Morgan fingerprint density at radius 2 is 1.87 bits per heavy atom. The van der Waals surface area contributed by atoms with Crippen LogP contribution in [0.3, 0.4) is 0 Å². The van der Waals surface area contributed by atoms with Crippen molar-refractivity contribution in [3.05, 3.63) is 64.4 Å². The molecule has 0 bridgehead atoms.